The highest BCUT2D eigenvalue weighted by atomic mass is 16.5. The number of benzene rings is 1. The van der Waals surface area contributed by atoms with Crippen LogP contribution in [0.5, 0.6) is 17.2 Å². The van der Waals surface area contributed by atoms with Gasteiger partial charge >= 0.3 is 5.63 Å². The van der Waals surface area contributed by atoms with E-state index in [1.165, 1.54) is 22.3 Å². The van der Waals surface area contributed by atoms with Gasteiger partial charge < -0.3 is 18.6 Å². The Kier molecular flexibility index (Phi) is 14.7. The second-order valence-corrected chi connectivity index (χ2v) is 10.6. The summed E-state index contributed by atoms with van der Waals surface area (Å²) in [6.45, 7) is 15.7. The predicted molar refractivity (Wildman–Crippen MR) is 168 cm³/mol. The molecule has 2 rings (SSSR count). The maximum Gasteiger partial charge on any atom is 0.383 e. The highest BCUT2D eigenvalue weighted by molar-refractivity contribution is 5.89. The van der Waals surface area contributed by atoms with Gasteiger partial charge in [0, 0.05) is 0 Å². The molecule has 0 spiro atoms. The quantitative estimate of drug-likeness (QED) is 0.112. The zero-order chi connectivity index (χ0) is 29.3. The van der Waals surface area contributed by atoms with Crippen LogP contribution < -0.4 is 19.8 Å². The third-order valence-electron chi connectivity index (χ3n) is 6.26. The van der Waals surface area contributed by atoms with Gasteiger partial charge in [0.05, 0.1) is 12.0 Å². The van der Waals surface area contributed by atoms with Gasteiger partial charge in [0.25, 0.3) is 0 Å². The number of hydrogen-bond donors (Lipinski definition) is 0. The van der Waals surface area contributed by atoms with Crippen molar-refractivity contribution in [2.75, 3.05) is 19.8 Å². The third kappa shape index (κ3) is 11.7. The van der Waals surface area contributed by atoms with Crippen molar-refractivity contribution in [3.63, 3.8) is 0 Å². The molecule has 0 unspecified atom stereocenters. The molecular formula is C35H48O5. The Bertz CT molecular complexity index is 1280. The molecule has 1 heterocycles. The van der Waals surface area contributed by atoms with Crippen molar-refractivity contribution in [3.05, 3.63) is 87.4 Å². The first-order valence-electron chi connectivity index (χ1n) is 14.4. The molecule has 0 radical (unpaired) electrons. The largest absolute Gasteiger partial charge is 0.488 e. The molecule has 0 saturated heterocycles. The summed E-state index contributed by atoms with van der Waals surface area (Å²) in [6, 6.07) is 5.56. The lowest BCUT2D eigenvalue weighted by molar-refractivity contribution is 0.278. The molecule has 0 saturated carbocycles. The molecule has 0 bridgehead atoms. The summed E-state index contributed by atoms with van der Waals surface area (Å²) in [5, 5.41) is 0.653. The Balaban J connectivity index is 2.29. The zero-order valence-corrected chi connectivity index (χ0v) is 25.6. The fourth-order valence-electron chi connectivity index (χ4n) is 3.97. The number of ether oxygens (including phenoxy) is 3. The number of fused-ring (bicyclic) bond motifs is 1. The topological polar surface area (TPSA) is 57.9 Å². The van der Waals surface area contributed by atoms with Crippen LogP contribution in [0.1, 0.15) is 87.0 Å². The lowest BCUT2D eigenvalue weighted by Gasteiger charge is -2.14. The van der Waals surface area contributed by atoms with Crippen molar-refractivity contribution in [1.29, 1.82) is 0 Å². The lowest BCUT2D eigenvalue weighted by atomic mass is 10.1. The minimum atomic E-state index is -0.577. The molecule has 5 nitrogen and oxygen atoms in total. The van der Waals surface area contributed by atoms with E-state index in [2.05, 4.69) is 78.8 Å². The number of allylic oxidation sites excluding steroid dienone is 7. The molecule has 5 heteroatoms. The van der Waals surface area contributed by atoms with Crippen LogP contribution in [-0.2, 0) is 0 Å². The molecule has 2 aromatic rings. The molecule has 40 heavy (non-hydrogen) atoms. The summed E-state index contributed by atoms with van der Waals surface area (Å²) < 4.78 is 23.9. The summed E-state index contributed by atoms with van der Waals surface area (Å²) in [5.74, 6) is 0.985. The maximum atomic E-state index is 13.1. The Morgan fingerprint density at radius 1 is 0.750 bits per heavy atom. The van der Waals surface area contributed by atoms with Gasteiger partial charge in [-0.25, -0.2) is 4.79 Å². The number of rotatable bonds is 17. The van der Waals surface area contributed by atoms with Crippen LogP contribution in [0.25, 0.3) is 11.0 Å². The first-order valence-corrected chi connectivity index (χ1v) is 14.4. The Morgan fingerprint density at radius 3 is 1.98 bits per heavy atom. The van der Waals surface area contributed by atoms with E-state index in [4.69, 9.17) is 18.6 Å². The van der Waals surface area contributed by atoms with Crippen LogP contribution in [0.15, 0.2) is 86.2 Å². The van der Waals surface area contributed by atoms with Gasteiger partial charge in [-0.1, -0.05) is 59.6 Å². The summed E-state index contributed by atoms with van der Waals surface area (Å²) in [7, 11) is 0. The number of hydrogen-bond acceptors (Lipinski definition) is 5. The highest BCUT2D eigenvalue weighted by Crippen LogP contribution is 2.37. The van der Waals surface area contributed by atoms with E-state index in [0.29, 0.717) is 35.7 Å². The van der Waals surface area contributed by atoms with Crippen LogP contribution in [0.2, 0.25) is 0 Å². The Hall–Kier alpha value is -3.47. The van der Waals surface area contributed by atoms with E-state index in [-0.39, 0.29) is 12.4 Å². The van der Waals surface area contributed by atoms with E-state index >= 15 is 0 Å². The first kappa shape index (κ1) is 32.7. The van der Waals surface area contributed by atoms with Crippen LogP contribution in [0.3, 0.4) is 0 Å². The summed E-state index contributed by atoms with van der Waals surface area (Å²) in [6.07, 6.45) is 18.3. The summed E-state index contributed by atoms with van der Waals surface area (Å²) in [4.78, 5) is 13.1. The van der Waals surface area contributed by atoms with Crippen molar-refractivity contribution in [2.45, 2.75) is 87.0 Å². The molecule has 1 aromatic heterocycles. The van der Waals surface area contributed by atoms with Crippen molar-refractivity contribution in [2.24, 2.45) is 0 Å². The Morgan fingerprint density at radius 2 is 1.38 bits per heavy atom. The minimum Gasteiger partial charge on any atom is -0.488 e. The highest BCUT2D eigenvalue weighted by Gasteiger charge is 2.20. The molecule has 1 aromatic carbocycles. The van der Waals surface area contributed by atoms with Gasteiger partial charge in [0.1, 0.15) is 13.2 Å². The van der Waals surface area contributed by atoms with Gasteiger partial charge in [-0.3, -0.25) is 0 Å². The molecule has 0 aliphatic rings. The van der Waals surface area contributed by atoms with E-state index in [1.54, 1.807) is 0 Å². The van der Waals surface area contributed by atoms with Crippen LogP contribution in [0, 0.1) is 0 Å². The fourth-order valence-corrected chi connectivity index (χ4v) is 3.97. The average Bonchev–Trinajstić information content (AvgIpc) is 2.89. The van der Waals surface area contributed by atoms with Gasteiger partial charge in [-0.2, -0.15) is 0 Å². The van der Waals surface area contributed by atoms with Crippen molar-refractivity contribution in [3.8, 4) is 17.2 Å². The molecule has 0 aliphatic heterocycles. The van der Waals surface area contributed by atoms with Crippen molar-refractivity contribution >= 4 is 11.0 Å². The molecule has 0 aliphatic carbocycles. The second-order valence-electron chi connectivity index (χ2n) is 10.6. The fraction of sp³-hybridized carbons (Fsp3) is 0.457. The minimum absolute atomic E-state index is 0.0903. The zero-order valence-electron chi connectivity index (χ0n) is 25.6. The normalized spacial score (nSPS) is 12.1. The lowest BCUT2D eigenvalue weighted by Crippen LogP contribution is -2.11. The number of para-hydroxylation sites is 1. The third-order valence-corrected chi connectivity index (χ3v) is 6.26. The second kappa shape index (κ2) is 18.0. The summed E-state index contributed by atoms with van der Waals surface area (Å²) >= 11 is 0. The predicted octanol–water partition coefficient (Wildman–Crippen LogP) is 9.67. The van der Waals surface area contributed by atoms with E-state index in [1.807, 2.05) is 24.3 Å². The van der Waals surface area contributed by atoms with Gasteiger partial charge in [0.2, 0.25) is 5.75 Å². The molecule has 0 amide bonds. The van der Waals surface area contributed by atoms with Crippen LogP contribution in [-0.4, -0.2) is 19.8 Å². The summed E-state index contributed by atoms with van der Waals surface area (Å²) in [5.41, 5.74) is 4.87. The SMILES string of the molecule is CCC=CCCOc1c(OC/C=C(\C)CCC=C(C)C)c(=O)oc2c(OC/C=C(\C)CCC=C(C)C)cccc12. The van der Waals surface area contributed by atoms with Gasteiger partial charge in [0.15, 0.2) is 17.1 Å². The van der Waals surface area contributed by atoms with Gasteiger partial charge in [-0.05, 0) is 104 Å². The monoisotopic (exact) mass is 548 g/mol. The van der Waals surface area contributed by atoms with Crippen LogP contribution in [0.4, 0.5) is 0 Å². The van der Waals surface area contributed by atoms with E-state index < -0.39 is 5.63 Å². The molecule has 0 N–H and O–H groups in total. The smallest absolute Gasteiger partial charge is 0.383 e. The van der Waals surface area contributed by atoms with E-state index in [0.717, 1.165) is 38.5 Å². The Labute approximate surface area is 240 Å². The first-order chi connectivity index (χ1) is 19.2. The maximum absolute atomic E-state index is 13.1. The molecule has 0 fully saturated rings. The average molecular weight is 549 g/mol. The van der Waals surface area contributed by atoms with Gasteiger partial charge in [-0.15, -0.1) is 0 Å². The molecule has 218 valence electrons. The molecule has 0 atom stereocenters. The van der Waals surface area contributed by atoms with E-state index in [9.17, 15) is 4.79 Å². The standard InChI is InChI=1S/C35H48O5/c1-8-9-10-11-23-38-33-30-19-14-20-31(37-24-21-28(6)17-12-15-26(2)3)32(30)40-35(36)34(33)39-25-22-29(7)18-13-16-27(4)5/h9-10,14-16,19-22H,8,11-13,17-18,23-25H2,1-7H3/b10-9?,28-21+,29-22+. The molecular weight excluding hydrogens is 500 g/mol. The van der Waals surface area contributed by atoms with Crippen molar-refractivity contribution in [1.82, 2.24) is 0 Å². The van der Waals surface area contributed by atoms with Crippen molar-refractivity contribution < 1.29 is 18.6 Å². The van der Waals surface area contributed by atoms with Crippen LogP contribution >= 0.6 is 0 Å².